The molecule has 0 spiro atoms. The minimum absolute atomic E-state index is 0.752. The van der Waals surface area contributed by atoms with Crippen molar-refractivity contribution >= 4 is 0 Å². The van der Waals surface area contributed by atoms with Crippen LogP contribution >= 0.6 is 0 Å². The highest BCUT2D eigenvalue weighted by Crippen LogP contribution is 2.25. The molecule has 0 heteroatoms. The predicted molar refractivity (Wildman–Crippen MR) is 61.9 cm³/mol. The molecule has 0 aliphatic heterocycles. The maximum atomic E-state index is 3.93. The Kier molecular flexibility index (Phi) is 8.18. The van der Waals surface area contributed by atoms with E-state index in [0.29, 0.717) is 0 Å². The maximum Gasteiger partial charge on any atom is -0.0211 e. The van der Waals surface area contributed by atoms with Gasteiger partial charge in [-0.25, -0.2) is 0 Å². The highest BCUT2D eigenvalue weighted by molar-refractivity contribution is 4.83. The summed E-state index contributed by atoms with van der Waals surface area (Å²) < 4.78 is 0. The molecular formula is C13H26. The zero-order chi connectivity index (χ0) is 10.1. The van der Waals surface area contributed by atoms with Crippen LogP contribution in [0.4, 0.5) is 0 Å². The molecule has 2 unspecified atom stereocenters. The molecule has 13 heavy (non-hydrogen) atoms. The van der Waals surface area contributed by atoms with Crippen LogP contribution < -0.4 is 0 Å². The van der Waals surface area contributed by atoms with Gasteiger partial charge in [0, 0.05) is 0 Å². The SMILES string of the molecule is C=CC(CC)C(CC)CCCCC. The van der Waals surface area contributed by atoms with Gasteiger partial charge >= 0.3 is 0 Å². The second-order valence-corrected chi connectivity index (χ2v) is 3.97. The van der Waals surface area contributed by atoms with E-state index < -0.39 is 0 Å². The molecule has 0 aromatic carbocycles. The van der Waals surface area contributed by atoms with E-state index in [4.69, 9.17) is 0 Å². The minimum Gasteiger partial charge on any atom is -0.103 e. The fourth-order valence-corrected chi connectivity index (χ4v) is 2.07. The van der Waals surface area contributed by atoms with Gasteiger partial charge in [0.1, 0.15) is 0 Å². The molecule has 0 aliphatic carbocycles. The predicted octanol–water partition coefficient (Wildman–Crippen LogP) is 4.81. The molecule has 0 bridgehead atoms. The molecule has 0 amide bonds. The largest absolute Gasteiger partial charge is 0.103 e. The fourth-order valence-electron chi connectivity index (χ4n) is 2.07. The van der Waals surface area contributed by atoms with Crippen LogP contribution in [0.25, 0.3) is 0 Å². The Labute approximate surface area is 84.4 Å². The van der Waals surface area contributed by atoms with Crippen LogP contribution in [0.1, 0.15) is 59.3 Å². The van der Waals surface area contributed by atoms with Crippen LogP contribution in [0.5, 0.6) is 0 Å². The molecule has 0 aliphatic rings. The van der Waals surface area contributed by atoms with E-state index in [1.807, 2.05) is 0 Å². The van der Waals surface area contributed by atoms with Crippen LogP contribution in [0.15, 0.2) is 12.7 Å². The quantitative estimate of drug-likeness (QED) is 0.373. The molecule has 78 valence electrons. The van der Waals surface area contributed by atoms with Crippen LogP contribution in [0.2, 0.25) is 0 Å². The lowest BCUT2D eigenvalue weighted by atomic mass is 9.84. The molecule has 0 heterocycles. The average Bonchev–Trinajstić information content (AvgIpc) is 2.17. The molecule has 0 rings (SSSR count). The smallest absolute Gasteiger partial charge is 0.0211 e. The molecule has 0 aromatic heterocycles. The number of allylic oxidation sites excluding steroid dienone is 1. The third-order valence-electron chi connectivity index (χ3n) is 3.08. The standard InChI is InChI=1S/C13H26/c1-5-9-10-11-13(8-4)12(6-2)7-3/h6,12-13H,2,5,7-11H2,1,3-4H3. The van der Waals surface area contributed by atoms with E-state index >= 15 is 0 Å². The van der Waals surface area contributed by atoms with E-state index in [9.17, 15) is 0 Å². The summed E-state index contributed by atoms with van der Waals surface area (Å²) in [5, 5.41) is 0. The summed E-state index contributed by atoms with van der Waals surface area (Å²) in [6.45, 7) is 10.8. The number of rotatable bonds is 8. The summed E-state index contributed by atoms with van der Waals surface area (Å²) in [6, 6.07) is 0. The Balaban J connectivity index is 3.78. The van der Waals surface area contributed by atoms with E-state index in [2.05, 4.69) is 33.4 Å². The van der Waals surface area contributed by atoms with Crippen LogP contribution in [0, 0.1) is 11.8 Å². The molecule has 0 saturated heterocycles. The molecule has 0 N–H and O–H groups in total. The second-order valence-electron chi connectivity index (χ2n) is 3.97. The van der Waals surface area contributed by atoms with Crippen molar-refractivity contribution in [1.29, 1.82) is 0 Å². The lowest BCUT2D eigenvalue weighted by Crippen LogP contribution is -2.10. The van der Waals surface area contributed by atoms with Crippen LogP contribution in [0.3, 0.4) is 0 Å². The van der Waals surface area contributed by atoms with Gasteiger partial charge in [0.15, 0.2) is 0 Å². The third-order valence-corrected chi connectivity index (χ3v) is 3.08. The summed E-state index contributed by atoms with van der Waals surface area (Å²) in [5.74, 6) is 1.64. The van der Waals surface area contributed by atoms with Gasteiger partial charge in [-0.2, -0.15) is 0 Å². The summed E-state index contributed by atoms with van der Waals surface area (Å²) in [4.78, 5) is 0. The fraction of sp³-hybridized carbons (Fsp3) is 0.846. The maximum absolute atomic E-state index is 3.93. The van der Waals surface area contributed by atoms with Crippen molar-refractivity contribution in [1.82, 2.24) is 0 Å². The van der Waals surface area contributed by atoms with Crippen molar-refractivity contribution in [2.24, 2.45) is 11.8 Å². The first-order valence-electron chi connectivity index (χ1n) is 5.92. The Morgan fingerprint density at radius 1 is 1.08 bits per heavy atom. The zero-order valence-electron chi connectivity index (χ0n) is 9.68. The zero-order valence-corrected chi connectivity index (χ0v) is 9.68. The van der Waals surface area contributed by atoms with E-state index in [0.717, 1.165) is 11.8 Å². The lowest BCUT2D eigenvalue weighted by molar-refractivity contribution is 0.338. The normalized spacial score (nSPS) is 15.3. The van der Waals surface area contributed by atoms with Gasteiger partial charge in [-0.1, -0.05) is 52.5 Å². The summed E-state index contributed by atoms with van der Waals surface area (Å²) in [7, 11) is 0. The average molecular weight is 182 g/mol. The topological polar surface area (TPSA) is 0 Å². The minimum atomic E-state index is 0.752. The van der Waals surface area contributed by atoms with Gasteiger partial charge in [-0.05, 0) is 24.7 Å². The Morgan fingerprint density at radius 3 is 2.15 bits per heavy atom. The number of hydrogen-bond donors (Lipinski definition) is 0. The van der Waals surface area contributed by atoms with Crippen LogP contribution in [-0.2, 0) is 0 Å². The first kappa shape index (κ1) is 12.7. The van der Waals surface area contributed by atoms with E-state index in [1.165, 1.54) is 38.5 Å². The highest BCUT2D eigenvalue weighted by atomic mass is 14.2. The van der Waals surface area contributed by atoms with Crippen molar-refractivity contribution in [3.63, 3.8) is 0 Å². The third kappa shape index (κ3) is 5.13. The molecule has 0 aromatic rings. The Bertz CT molecular complexity index is 115. The van der Waals surface area contributed by atoms with E-state index in [-0.39, 0.29) is 0 Å². The lowest BCUT2D eigenvalue weighted by Gasteiger charge is -2.21. The second kappa shape index (κ2) is 8.34. The Morgan fingerprint density at radius 2 is 1.77 bits per heavy atom. The summed E-state index contributed by atoms with van der Waals surface area (Å²) in [6.07, 6.45) is 10.3. The van der Waals surface area contributed by atoms with Gasteiger partial charge in [0.05, 0.1) is 0 Å². The van der Waals surface area contributed by atoms with Gasteiger partial charge < -0.3 is 0 Å². The number of unbranched alkanes of at least 4 members (excludes halogenated alkanes) is 2. The molecule has 2 atom stereocenters. The van der Waals surface area contributed by atoms with Crippen molar-refractivity contribution < 1.29 is 0 Å². The summed E-state index contributed by atoms with van der Waals surface area (Å²) in [5.41, 5.74) is 0. The monoisotopic (exact) mass is 182 g/mol. The summed E-state index contributed by atoms with van der Waals surface area (Å²) >= 11 is 0. The van der Waals surface area contributed by atoms with Crippen molar-refractivity contribution in [2.75, 3.05) is 0 Å². The molecule has 0 radical (unpaired) electrons. The van der Waals surface area contributed by atoms with Gasteiger partial charge in [-0.15, -0.1) is 6.58 Å². The molecule has 0 fully saturated rings. The molecule has 0 saturated carbocycles. The number of hydrogen-bond acceptors (Lipinski definition) is 0. The van der Waals surface area contributed by atoms with Gasteiger partial charge in [0.25, 0.3) is 0 Å². The molecular weight excluding hydrogens is 156 g/mol. The van der Waals surface area contributed by atoms with Crippen molar-refractivity contribution in [2.45, 2.75) is 59.3 Å². The Hall–Kier alpha value is -0.260. The van der Waals surface area contributed by atoms with Crippen molar-refractivity contribution in [3.05, 3.63) is 12.7 Å². The van der Waals surface area contributed by atoms with Gasteiger partial charge in [0.2, 0.25) is 0 Å². The van der Waals surface area contributed by atoms with Crippen molar-refractivity contribution in [3.8, 4) is 0 Å². The van der Waals surface area contributed by atoms with Crippen LogP contribution in [-0.4, -0.2) is 0 Å². The first-order valence-corrected chi connectivity index (χ1v) is 5.92. The highest BCUT2D eigenvalue weighted by Gasteiger charge is 2.14. The molecule has 0 nitrogen and oxygen atoms in total. The van der Waals surface area contributed by atoms with E-state index in [1.54, 1.807) is 0 Å². The first-order chi connectivity index (χ1) is 6.29. The van der Waals surface area contributed by atoms with Gasteiger partial charge in [-0.3, -0.25) is 0 Å².